The van der Waals surface area contributed by atoms with E-state index in [-0.39, 0.29) is 16.8 Å². The molecule has 2 aromatic rings. The number of primary amides is 1. The molecule has 0 aliphatic carbocycles. The minimum Gasteiger partial charge on any atom is -0.365 e. The Morgan fingerprint density at radius 2 is 2.14 bits per heavy atom. The predicted molar refractivity (Wildman–Crippen MR) is 80.3 cm³/mol. The Hall–Kier alpha value is -2.15. The molecule has 2 rings (SSSR count). The summed E-state index contributed by atoms with van der Waals surface area (Å²) in [4.78, 5) is 11.4. The number of anilines is 1. The molecule has 3 N–H and O–H groups in total. The first-order valence-electron chi connectivity index (χ1n) is 6.47. The number of rotatable bonds is 5. The van der Waals surface area contributed by atoms with Crippen LogP contribution in [0.15, 0.2) is 12.1 Å². The molecular formula is C13H17ClN6O. The van der Waals surface area contributed by atoms with Crippen molar-refractivity contribution in [3.8, 4) is 0 Å². The zero-order chi connectivity index (χ0) is 15.6. The van der Waals surface area contributed by atoms with Crippen molar-refractivity contribution in [2.24, 2.45) is 5.73 Å². The molecule has 21 heavy (non-hydrogen) atoms. The third-order valence-electron chi connectivity index (χ3n) is 2.96. The zero-order valence-electron chi connectivity index (χ0n) is 12.1. The van der Waals surface area contributed by atoms with Crippen molar-refractivity contribution in [3.05, 3.63) is 34.2 Å². The Kier molecular flexibility index (Phi) is 4.42. The quantitative estimate of drug-likeness (QED) is 0.873. The highest BCUT2D eigenvalue weighted by Crippen LogP contribution is 2.16. The van der Waals surface area contributed by atoms with Crippen molar-refractivity contribution in [3.63, 3.8) is 0 Å². The van der Waals surface area contributed by atoms with Crippen LogP contribution in [0.1, 0.15) is 28.7 Å². The predicted octanol–water partition coefficient (Wildman–Crippen LogP) is 1.54. The highest BCUT2D eigenvalue weighted by molar-refractivity contribution is 6.29. The third-order valence-corrected chi connectivity index (χ3v) is 3.15. The number of aryl methyl sites for hydroxylation is 2. The van der Waals surface area contributed by atoms with E-state index in [9.17, 15) is 4.79 Å². The van der Waals surface area contributed by atoms with Crippen LogP contribution < -0.4 is 11.1 Å². The fourth-order valence-corrected chi connectivity index (χ4v) is 2.21. The largest absolute Gasteiger partial charge is 0.365 e. The molecule has 1 amide bonds. The molecular weight excluding hydrogens is 292 g/mol. The van der Waals surface area contributed by atoms with Crippen LogP contribution in [0.2, 0.25) is 5.15 Å². The zero-order valence-corrected chi connectivity index (χ0v) is 12.8. The van der Waals surface area contributed by atoms with Gasteiger partial charge in [0.05, 0.1) is 17.8 Å². The maximum Gasteiger partial charge on any atom is 0.252 e. The van der Waals surface area contributed by atoms with E-state index in [4.69, 9.17) is 17.3 Å². The average molecular weight is 309 g/mol. The molecule has 8 heteroatoms. The van der Waals surface area contributed by atoms with Gasteiger partial charge < -0.3 is 11.1 Å². The minimum absolute atomic E-state index is 0.0171. The van der Waals surface area contributed by atoms with Gasteiger partial charge >= 0.3 is 0 Å². The number of hydrogen-bond donors (Lipinski definition) is 2. The monoisotopic (exact) mass is 308 g/mol. The van der Waals surface area contributed by atoms with Gasteiger partial charge in [0.2, 0.25) is 0 Å². The van der Waals surface area contributed by atoms with Gasteiger partial charge in [0.15, 0.2) is 11.0 Å². The second-order valence-corrected chi connectivity index (χ2v) is 5.34. The normalized spacial score (nSPS) is 12.2. The first-order valence-corrected chi connectivity index (χ1v) is 6.85. The van der Waals surface area contributed by atoms with E-state index in [0.717, 1.165) is 11.4 Å². The Morgan fingerprint density at radius 1 is 1.43 bits per heavy atom. The molecule has 0 radical (unpaired) electrons. The van der Waals surface area contributed by atoms with Gasteiger partial charge in [0.1, 0.15) is 0 Å². The Bertz CT molecular complexity index is 669. The molecule has 0 aliphatic heterocycles. The summed E-state index contributed by atoms with van der Waals surface area (Å²) in [6, 6.07) is 3.38. The van der Waals surface area contributed by atoms with Crippen molar-refractivity contribution < 1.29 is 4.79 Å². The minimum atomic E-state index is -0.604. The highest BCUT2D eigenvalue weighted by Gasteiger charge is 2.15. The summed E-state index contributed by atoms with van der Waals surface area (Å²) >= 11 is 5.73. The molecule has 0 spiro atoms. The number of aromatic nitrogens is 4. The van der Waals surface area contributed by atoms with Crippen molar-refractivity contribution in [1.82, 2.24) is 20.0 Å². The topological polar surface area (TPSA) is 98.7 Å². The van der Waals surface area contributed by atoms with Crippen molar-refractivity contribution in [1.29, 1.82) is 0 Å². The van der Waals surface area contributed by atoms with Crippen LogP contribution >= 0.6 is 11.6 Å². The van der Waals surface area contributed by atoms with Crippen LogP contribution in [0.5, 0.6) is 0 Å². The molecule has 0 aliphatic rings. The van der Waals surface area contributed by atoms with E-state index in [1.807, 2.05) is 31.5 Å². The number of carbonyl (C=O) groups is 1. The summed E-state index contributed by atoms with van der Waals surface area (Å²) in [6.45, 7) is 6.51. The lowest BCUT2D eigenvalue weighted by Crippen LogP contribution is -2.26. The van der Waals surface area contributed by atoms with E-state index in [1.54, 1.807) is 0 Å². The van der Waals surface area contributed by atoms with Crippen LogP contribution in [-0.2, 0) is 6.54 Å². The van der Waals surface area contributed by atoms with Gasteiger partial charge in [0.25, 0.3) is 5.91 Å². The number of hydrogen-bond acceptors (Lipinski definition) is 5. The average Bonchev–Trinajstić information content (AvgIpc) is 2.69. The SMILES string of the molecule is Cc1cc(C)n(C[C@H](C)Nc2nnc(Cl)cc2C(N)=O)n1. The van der Waals surface area contributed by atoms with E-state index in [0.29, 0.717) is 12.4 Å². The van der Waals surface area contributed by atoms with Crippen LogP contribution in [0.3, 0.4) is 0 Å². The maximum atomic E-state index is 11.4. The Balaban J connectivity index is 2.14. The maximum absolute atomic E-state index is 11.4. The molecule has 112 valence electrons. The van der Waals surface area contributed by atoms with Gasteiger partial charge in [-0.2, -0.15) is 5.10 Å². The van der Waals surface area contributed by atoms with Gasteiger partial charge in [0, 0.05) is 11.7 Å². The highest BCUT2D eigenvalue weighted by atomic mass is 35.5. The molecule has 0 saturated heterocycles. The number of amides is 1. The van der Waals surface area contributed by atoms with Gasteiger partial charge in [-0.3, -0.25) is 9.48 Å². The molecule has 2 heterocycles. The molecule has 0 bridgehead atoms. The molecule has 1 atom stereocenters. The lowest BCUT2D eigenvalue weighted by Gasteiger charge is -2.16. The number of nitrogens with two attached hydrogens (primary N) is 1. The first kappa shape index (κ1) is 15.2. The smallest absolute Gasteiger partial charge is 0.252 e. The number of carbonyl (C=O) groups excluding carboxylic acids is 1. The summed E-state index contributed by atoms with van der Waals surface area (Å²) in [5, 5.41) is 15.2. The number of halogens is 1. The van der Waals surface area contributed by atoms with Crippen molar-refractivity contribution in [2.45, 2.75) is 33.4 Å². The molecule has 2 aromatic heterocycles. The molecule has 0 fully saturated rings. The van der Waals surface area contributed by atoms with Crippen LogP contribution in [0, 0.1) is 13.8 Å². The second kappa shape index (κ2) is 6.09. The lowest BCUT2D eigenvalue weighted by atomic mass is 10.2. The fourth-order valence-electron chi connectivity index (χ4n) is 2.06. The van der Waals surface area contributed by atoms with E-state index in [2.05, 4.69) is 20.6 Å². The van der Waals surface area contributed by atoms with Crippen molar-refractivity contribution >= 4 is 23.3 Å². The molecule has 0 aromatic carbocycles. The van der Waals surface area contributed by atoms with E-state index >= 15 is 0 Å². The van der Waals surface area contributed by atoms with Gasteiger partial charge in [-0.15, -0.1) is 10.2 Å². The lowest BCUT2D eigenvalue weighted by molar-refractivity contribution is 0.100. The number of nitrogens with zero attached hydrogens (tertiary/aromatic N) is 4. The van der Waals surface area contributed by atoms with E-state index in [1.165, 1.54) is 6.07 Å². The number of nitrogens with one attached hydrogen (secondary N) is 1. The Labute approximate surface area is 127 Å². The third kappa shape index (κ3) is 3.69. The Morgan fingerprint density at radius 3 is 2.71 bits per heavy atom. The summed E-state index contributed by atoms with van der Waals surface area (Å²) in [6.07, 6.45) is 0. The van der Waals surface area contributed by atoms with Gasteiger partial charge in [-0.05, 0) is 32.9 Å². The van der Waals surface area contributed by atoms with Crippen LogP contribution in [-0.4, -0.2) is 31.9 Å². The van der Waals surface area contributed by atoms with E-state index < -0.39 is 5.91 Å². The van der Waals surface area contributed by atoms with Crippen LogP contribution in [0.25, 0.3) is 0 Å². The second-order valence-electron chi connectivity index (χ2n) is 4.95. The fraction of sp³-hybridized carbons (Fsp3) is 0.385. The summed E-state index contributed by atoms with van der Waals surface area (Å²) in [5.41, 5.74) is 7.56. The van der Waals surface area contributed by atoms with Gasteiger partial charge in [-0.1, -0.05) is 11.6 Å². The molecule has 0 saturated carbocycles. The summed E-state index contributed by atoms with van der Waals surface area (Å²) < 4.78 is 1.89. The summed E-state index contributed by atoms with van der Waals surface area (Å²) in [5.74, 6) is -0.284. The first-order chi connectivity index (χ1) is 9.86. The van der Waals surface area contributed by atoms with Crippen LogP contribution in [0.4, 0.5) is 5.82 Å². The summed E-state index contributed by atoms with van der Waals surface area (Å²) in [7, 11) is 0. The molecule has 7 nitrogen and oxygen atoms in total. The molecule has 0 unspecified atom stereocenters. The standard InChI is InChI=1S/C13H17ClN6O/c1-7-4-9(3)20(19-7)6-8(2)16-13-10(12(15)21)5-11(14)17-18-13/h4-5,8H,6H2,1-3H3,(H2,15,21)(H,16,18)/t8-/m0/s1. The van der Waals surface area contributed by atoms with Gasteiger partial charge in [-0.25, -0.2) is 0 Å². The van der Waals surface area contributed by atoms with Crippen molar-refractivity contribution in [2.75, 3.05) is 5.32 Å².